The van der Waals surface area contributed by atoms with Crippen LogP contribution in [-0.2, 0) is 13.7 Å². The molecule has 0 bridgehead atoms. The van der Waals surface area contributed by atoms with Gasteiger partial charge in [-0.3, -0.25) is 9.67 Å². The molecule has 0 N–H and O–H groups in total. The highest BCUT2D eigenvalue weighted by Gasteiger charge is 2.14. The van der Waals surface area contributed by atoms with Crippen LogP contribution in [0, 0.1) is 0 Å². The fraction of sp³-hybridized carbons (Fsp3) is 0.0870. The van der Waals surface area contributed by atoms with E-state index in [0.29, 0.717) is 23.9 Å². The van der Waals surface area contributed by atoms with Crippen LogP contribution in [-0.4, -0.2) is 29.7 Å². The summed E-state index contributed by atoms with van der Waals surface area (Å²) in [5.41, 5.74) is 4.48. The molecule has 0 spiro atoms. The van der Waals surface area contributed by atoms with E-state index in [1.807, 2.05) is 61.8 Å². The van der Waals surface area contributed by atoms with Crippen molar-refractivity contribution in [2.75, 3.05) is 0 Å². The van der Waals surface area contributed by atoms with E-state index in [4.69, 9.17) is 4.74 Å². The largest absolute Gasteiger partial charge is 0.484 e. The highest BCUT2D eigenvalue weighted by atomic mass is 16.5. The Morgan fingerprint density at radius 2 is 1.73 bits per heavy atom. The molecule has 7 nitrogen and oxygen atoms in total. The SMILES string of the molecule is Cn1cc(-c2ccncc2)c(-c2ncc(OCc3ccc4ccccc4n3)cn2)n1. The Kier molecular flexibility index (Phi) is 4.61. The minimum absolute atomic E-state index is 0.347. The predicted octanol–water partition coefficient (Wildman–Crippen LogP) is 4.07. The maximum Gasteiger partial charge on any atom is 0.180 e. The molecule has 7 heteroatoms. The second-order valence-electron chi connectivity index (χ2n) is 6.83. The molecule has 0 amide bonds. The molecule has 4 aromatic heterocycles. The first-order valence-corrected chi connectivity index (χ1v) is 9.50. The lowest BCUT2D eigenvalue weighted by Gasteiger charge is -2.07. The normalized spacial score (nSPS) is 11.0. The van der Waals surface area contributed by atoms with Crippen molar-refractivity contribution >= 4 is 10.9 Å². The first kappa shape index (κ1) is 17.9. The summed E-state index contributed by atoms with van der Waals surface area (Å²) in [7, 11) is 1.88. The van der Waals surface area contributed by atoms with Crippen molar-refractivity contribution in [2.45, 2.75) is 6.61 Å². The van der Waals surface area contributed by atoms with Gasteiger partial charge in [0.25, 0.3) is 0 Å². The van der Waals surface area contributed by atoms with Crippen LogP contribution < -0.4 is 4.74 Å². The maximum absolute atomic E-state index is 5.83. The number of para-hydroxylation sites is 1. The summed E-state index contributed by atoms with van der Waals surface area (Å²) >= 11 is 0. The van der Waals surface area contributed by atoms with Gasteiger partial charge >= 0.3 is 0 Å². The van der Waals surface area contributed by atoms with Gasteiger partial charge in [0.1, 0.15) is 12.3 Å². The number of hydrogen-bond donors (Lipinski definition) is 0. The Hall–Kier alpha value is -4.13. The van der Waals surface area contributed by atoms with E-state index in [1.165, 1.54) is 0 Å². The molecular formula is C23H18N6O. The molecular weight excluding hydrogens is 376 g/mol. The summed E-state index contributed by atoms with van der Waals surface area (Å²) in [6.45, 7) is 0.347. The van der Waals surface area contributed by atoms with Gasteiger partial charge in [0.15, 0.2) is 11.6 Å². The van der Waals surface area contributed by atoms with E-state index >= 15 is 0 Å². The molecule has 146 valence electrons. The number of rotatable bonds is 5. The molecule has 0 aliphatic carbocycles. The van der Waals surface area contributed by atoms with Crippen LogP contribution in [0.4, 0.5) is 0 Å². The van der Waals surface area contributed by atoms with Crippen LogP contribution >= 0.6 is 0 Å². The molecule has 30 heavy (non-hydrogen) atoms. The first-order valence-electron chi connectivity index (χ1n) is 9.50. The summed E-state index contributed by atoms with van der Waals surface area (Å²) < 4.78 is 7.58. The van der Waals surface area contributed by atoms with Crippen LogP contribution in [0.3, 0.4) is 0 Å². The van der Waals surface area contributed by atoms with Crippen LogP contribution in [0.15, 0.2) is 79.5 Å². The molecule has 0 aliphatic heterocycles. The van der Waals surface area contributed by atoms with Gasteiger partial charge < -0.3 is 4.74 Å². The van der Waals surface area contributed by atoms with Crippen molar-refractivity contribution in [2.24, 2.45) is 7.05 Å². The molecule has 0 radical (unpaired) electrons. The minimum atomic E-state index is 0.347. The third kappa shape index (κ3) is 3.60. The van der Waals surface area contributed by atoms with Crippen LogP contribution in [0.5, 0.6) is 5.75 Å². The van der Waals surface area contributed by atoms with Crippen molar-refractivity contribution in [1.82, 2.24) is 29.7 Å². The first-order chi connectivity index (χ1) is 14.8. The van der Waals surface area contributed by atoms with E-state index < -0.39 is 0 Å². The van der Waals surface area contributed by atoms with Gasteiger partial charge in [-0.25, -0.2) is 15.0 Å². The van der Waals surface area contributed by atoms with Gasteiger partial charge in [0, 0.05) is 36.6 Å². The molecule has 0 saturated heterocycles. The van der Waals surface area contributed by atoms with Gasteiger partial charge in [-0.2, -0.15) is 5.10 Å². The smallest absolute Gasteiger partial charge is 0.180 e. The molecule has 1 aromatic carbocycles. The lowest BCUT2D eigenvalue weighted by atomic mass is 10.1. The van der Waals surface area contributed by atoms with Crippen LogP contribution in [0.1, 0.15) is 5.69 Å². The predicted molar refractivity (Wildman–Crippen MR) is 114 cm³/mol. The number of aryl methyl sites for hydroxylation is 1. The lowest BCUT2D eigenvalue weighted by Crippen LogP contribution is -2.00. The average molecular weight is 394 g/mol. The second-order valence-corrected chi connectivity index (χ2v) is 6.83. The van der Waals surface area contributed by atoms with E-state index in [-0.39, 0.29) is 0 Å². The topological polar surface area (TPSA) is 78.6 Å². The van der Waals surface area contributed by atoms with Crippen LogP contribution in [0.2, 0.25) is 0 Å². The number of benzene rings is 1. The van der Waals surface area contributed by atoms with Crippen molar-refractivity contribution in [3.05, 3.63) is 85.2 Å². The number of nitrogens with zero attached hydrogens (tertiary/aromatic N) is 6. The Bertz CT molecular complexity index is 1300. The summed E-state index contributed by atoms with van der Waals surface area (Å²) in [5.74, 6) is 1.12. The summed E-state index contributed by atoms with van der Waals surface area (Å²) in [6, 6.07) is 15.9. The molecule has 0 unspecified atom stereocenters. The number of ether oxygens (including phenoxy) is 1. The minimum Gasteiger partial charge on any atom is -0.484 e. The zero-order chi connectivity index (χ0) is 20.3. The second kappa shape index (κ2) is 7.71. The molecule has 5 rings (SSSR count). The van der Waals surface area contributed by atoms with Crippen molar-refractivity contribution in [1.29, 1.82) is 0 Å². The lowest BCUT2D eigenvalue weighted by molar-refractivity contribution is 0.299. The molecule has 0 saturated carbocycles. The molecule has 0 aliphatic rings. The summed E-state index contributed by atoms with van der Waals surface area (Å²) in [6.07, 6.45) is 8.78. The maximum atomic E-state index is 5.83. The average Bonchev–Trinajstić information content (AvgIpc) is 3.20. The molecule has 0 atom stereocenters. The van der Waals surface area contributed by atoms with E-state index in [0.717, 1.165) is 27.7 Å². The van der Waals surface area contributed by atoms with Crippen molar-refractivity contribution in [3.8, 4) is 28.4 Å². The zero-order valence-corrected chi connectivity index (χ0v) is 16.3. The monoisotopic (exact) mass is 394 g/mol. The summed E-state index contributed by atoms with van der Waals surface area (Å²) in [5, 5.41) is 5.64. The van der Waals surface area contributed by atoms with E-state index in [2.05, 4.69) is 25.0 Å². The van der Waals surface area contributed by atoms with E-state index in [9.17, 15) is 0 Å². The Morgan fingerprint density at radius 3 is 2.57 bits per heavy atom. The number of aromatic nitrogens is 6. The molecule has 0 fully saturated rings. The van der Waals surface area contributed by atoms with Gasteiger partial charge in [0.2, 0.25) is 0 Å². The quantitative estimate of drug-likeness (QED) is 0.447. The van der Waals surface area contributed by atoms with Crippen LogP contribution in [0.25, 0.3) is 33.5 Å². The number of pyridine rings is 2. The van der Waals surface area contributed by atoms with Gasteiger partial charge in [-0.1, -0.05) is 24.3 Å². The van der Waals surface area contributed by atoms with Gasteiger partial charge in [-0.05, 0) is 29.8 Å². The molecule has 5 aromatic rings. The van der Waals surface area contributed by atoms with Gasteiger partial charge in [0.05, 0.1) is 23.6 Å². The molecule has 4 heterocycles. The fourth-order valence-electron chi connectivity index (χ4n) is 3.26. The number of hydrogen-bond acceptors (Lipinski definition) is 6. The van der Waals surface area contributed by atoms with Gasteiger partial charge in [-0.15, -0.1) is 0 Å². The highest BCUT2D eigenvalue weighted by molar-refractivity contribution is 5.78. The fourth-order valence-corrected chi connectivity index (χ4v) is 3.26. The van der Waals surface area contributed by atoms with E-state index in [1.54, 1.807) is 29.5 Å². The Morgan fingerprint density at radius 1 is 0.933 bits per heavy atom. The van der Waals surface area contributed by atoms with Crippen molar-refractivity contribution in [3.63, 3.8) is 0 Å². The number of fused-ring (bicyclic) bond motifs is 1. The highest BCUT2D eigenvalue weighted by Crippen LogP contribution is 2.28. The Labute approximate surface area is 173 Å². The Balaban J connectivity index is 1.35. The van der Waals surface area contributed by atoms with Crippen molar-refractivity contribution < 1.29 is 4.74 Å². The third-order valence-corrected chi connectivity index (χ3v) is 4.70. The summed E-state index contributed by atoms with van der Waals surface area (Å²) in [4.78, 5) is 17.6. The zero-order valence-electron chi connectivity index (χ0n) is 16.3. The third-order valence-electron chi connectivity index (χ3n) is 4.70. The standard InChI is InChI=1S/C23H18N6O/c1-29-14-20(16-8-10-24-11-9-16)22(28-29)23-25-12-19(13-26-23)30-15-18-7-6-17-4-2-3-5-21(17)27-18/h2-14H,15H2,1H3.